The van der Waals surface area contributed by atoms with E-state index in [9.17, 15) is 9.59 Å². The number of amides is 2. The molecule has 3 aromatic carbocycles. The van der Waals surface area contributed by atoms with Crippen LogP contribution >= 0.6 is 23.2 Å². The average molecular weight is 597 g/mol. The van der Waals surface area contributed by atoms with Crippen LogP contribution in [-0.2, 0) is 11.3 Å². The van der Waals surface area contributed by atoms with Gasteiger partial charge in [0.05, 0.1) is 28.8 Å². The van der Waals surface area contributed by atoms with E-state index in [1.165, 1.54) is 11.6 Å². The van der Waals surface area contributed by atoms with Gasteiger partial charge in [0.1, 0.15) is 0 Å². The number of hydrogen-bond donors (Lipinski definition) is 2. The van der Waals surface area contributed by atoms with E-state index in [0.29, 0.717) is 33.4 Å². The molecule has 0 saturated carbocycles. The van der Waals surface area contributed by atoms with Crippen LogP contribution in [0.5, 0.6) is 0 Å². The fraction of sp³-hybridized carbons (Fsp3) is 0.355. The van der Waals surface area contributed by atoms with Gasteiger partial charge in [-0.15, -0.1) is 0 Å². The highest BCUT2D eigenvalue weighted by molar-refractivity contribution is 6.42. The quantitative estimate of drug-likeness (QED) is 0.375. The summed E-state index contributed by atoms with van der Waals surface area (Å²) in [6.45, 7) is 8.75. The van der Waals surface area contributed by atoms with Crippen molar-refractivity contribution in [3.8, 4) is 0 Å². The SMILES string of the molecule is O=C(Nc1ccc(N2CCN(Cc3ccccc3)CC2)c(C(=O)NCCN2CCOCC2)c1)c1ccc(Cl)c(Cl)c1. The van der Waals surface area contributed by atoms with Crippen LogP contribution in [0, 0.1) is 0 Å². The van der Waals surface area contributed by atoms with E-state index in [4.69, 9.17) is 27.9 Å². The second-order valence-electron chi connectivity index (χ2n) is 10.3. The van der Waals surface area contributed by atoms with Crippen LogP contribution in [0.25, 0.3) is 0 Å². The van der Waals surface area contributed by atoms with Crippen LogP contribution in [0.2, 0.25) is 10.0 Å². The molecule has 2 heterocycles. The number of benzene rings is 3. The van der Waals surface area contributed by atoms with Crippen molar-refractivity contribution in [2.75, 3.05) is 75.8 Å². The number of rotatable bonds is 9. The normalized spacial score (nSPS) is 16.4. The highest BCUT2D eigenvalue weighted by Crippen LogP contribution is 2.27. The molecule has 2 N–H and O–H groups in total. The molecule has 0 bridgehead atoms. The molecule has 5 rings (SSSR count). The zero-order chi connectivity index (χ0) is 28.6. The van der Waals surface area contributed by atoms with E-state index in [2.05, 4.69) is 49.6 Å². The first kappa shape index (κ1) is 29.4. The summed E-state index contributed by atoms with van der Waals surface area (Å²) in [4.78, 5) is 33.4. The van der Waals surface area contributed by atoms with Gasteiger partial charge in [-0.25, -0.2) is 0 Å². The molecular weight excluding hydrogens is 561 g/mol. The monoisotopic (exact) mass is 595 g/mol. The van der Waals surface area contributed by atoms with Crippen molar-refractivity contribution in [3.05, 3.63) is 93.5 Å². The lowest BCUT2D eigenvalue weighted by molar-refractivity contribution is 0.0383. The summed E-state index contributed by atoms with van der Waals surface area (Å²) in [6, 6.07) is 20.7. The Hall–Kier alpha value is -3.14. The van der Waals surface area contributed by atoms with Gasteiger partial charge in [0.25, 0.3) is 11.8 Å². The van der Waals surface area contributed by atoms with Crippen LogP contribution in [0.3, 0.4) is 0 Å². The second-order valence-corrected chi connectivity index (χ2v) is 11.1. The van der Waals surface area contributed by atoms with E-state index in [0.717, 1.165) is 71.3 Å². The summed E-state index contributed by atoms with van der Waals surface area (Å²) < 4.78 is 5.42. The van der Waals surface area contributed by atoms with E-state index in [-0.39, 0.29) is 11.8 Å². The third-order valence-corrected chi connectivity index (χ3v) is 8.20. The molecular formula is C31H35Cl2N5O3. The molecule has 0 atom stereocenters. The van der Waals surface area contributed by atoms with Crippen LogP contribution < -0.4 is 15.5 Å². The maximum atomic E-state index is 13.5. The van der Waals surface area contributed by atoms with Crippen molar-refractivity contribution in [1.82, 2.24) is 15.1 Å². The molecule has 41 heavy (non-hydrogen) atoms. The van der Waals surface area contributed by atoms with E-state index in [1.54, 1.807) is 18.2 Å². The maximum absolute atomic E-state index is 13.5. The van der Waals surface area contributed by atoms with Crippen molar-refractivity contribution in [1.29, 1.82) is 0 Å². The molecule has 0 radical (unpaired) electrons. The van der Waals surface area contributed by atoms with Gasteiger partial charge in [-0.3, -0.25) is 19.4 Å². The topological polar surface area (TPSA) is 77.2 Å². The number of carbonyl (C=O) groups is 2. The molecule has 8 nitrogen and oxygen atoms in total. The zero-order valence-electron chi connectivity index (χ0n) is 23.0. The van der Waals surface area contributed by atoms with Gasteiger partial charge in [-0.2, -0.15) is 0 Å². The Morgan fingerprint density at radius 2 is 1.54 bits per heavy atom. The second kappa shape index (κ2) is 14.2. The number of morpholine rings is 1. The molecule has 0 spiro atoms. The first-order valence-corrected chi connectivity index (χ1v) is 14.7. The first-order valence-electron chi connectivity index (χ1n) is 14.0. The molecule has 0 aromatic heterocycles. The molecule has 2 fully saturated rings. The predicted molar refractivity (Wildman–Crippen MR) is 164 cm³/mol. The van der Waals surface area contributed by atoms with Crippen molar-refractivity contribution in [2.45, 2.75) is 6.54 Å². The maximum Gasteiger partial charge on any atom is 0.255 e. The van der Waals surface area contributed by atoms with Crippen LogP contribution in [-0.4, -0.2) is 87.2 Å². The lowest BCUT2D eigenvalue weighted by Gasteiger charge is -2.37. The molecule has 2 aliphatic rings. The van der Waals surface area contributed by atoms with Crippen molar-refractivity contribution in [3.63, 3.8) is 0 Å². The smallest absolute Gasteiger partial charge is 0.255 e. The van der Waals surface area contributed by atoms with Gasteiger partial charge in [-0.05, 0) is 42.0 Å². The van der Waals surface area contributed by atoms with Gasteiger partial charge >= 0.3 is 0 Å². The Kier molecular flexibility index (Phi) is 10.1. The number of ether oxygens (including phenoxy) is 1. The largest absolute Gasteiger partial charge is 0.379 e. The number of hydrogen-bond acceptors (Lipinski definition) is 6. The Balaban J connectivity index is 1.29. The van der Waals surface area contributed by atoms with E-state index < -0.39 is 0 Å². The first-order chi connectivity index (χ1) is 20.0. The van der Waals surface area contributed by atoms with E-state index >= 15 is 0 Å². The van der Waals surface area contributed by atoms with Crippen molar-refractivity contribution in [2.24, 2.45) is 0 Å². The number of nitrogens with one attached hydrogen (secondary N) is 2. The Morgan fingerprint density at radius 3 is 2.27 bits per heavy atom. The Bertz CT molecular complexity index is 1340. The zero-order valence-corrected chi connectivity index (χ0v) is 24.5. The molecule has 0 aliphatic carbocycles. The number of piperazine rings is 1. The van der Waals surface area contributed by atoms with Gasteiger partial charge in [0.15, 0.2) is 0 Å². The number of nitrogens with zero attached hydrogens (tertiary/aromatic N) is 3. The minimum Gasteiger partial charge on any atom is -0.379 e. The van der Waals surface area contributed by atoms with Crippen LogP contribution in [0.1, 0.15) is 26.3 Å². The van der Waals surface area contributed by atoms with Gasteiger partial charge in [0, 0.05) is 75.8 Å². The summed E-state index contributed by atoms with van der Waals surface area (Å²) in [5, 5.41) is 6.68. The summed E-state index contributed by atoms with van der Waals surface area (Å²) in [5.41, 5.74) is 3.61. The molecule has 2 aliphatic heterocycles. The lowest BCUT2D eigenvalue weighted by Crippen LogP contribution is -2.46. The highest BCUT2D eigenvalue weighted by atomic mass is 35.5. The number of anilines is 2. The van der Waals surface area contributed by atoms with Gasteiger partial charge in [-0.1, -0.05) is 53.5 Å². The van der Waals surface area contributed by atoms with Gasteiger partial charge in [0.2, 0.25) is 0 Å². The van der Waals surface area contributed by atoms with Crippen LogP contribution in [0.4, 0.5) is 11.4 Å². The summed E-state index contributed by atoms with van der Waals surface area (Å²) >= 11 is 12.1. The van der Waals surface area contributed by atoms with Crippen molar-refractivity contribution < 1.29 is 14.3 Å². The summed E-state index contributed by atoms with van der Waals surface area (Å²) in [5.74, 6) is -0.491. The minimum atomic E-state index is -0.329. The average Bonchev–Trinajstić information content (AvgIpc) is 3.00. The number of halogens is 2. The molecule has 216 valence electrons. The number of carbonyl (C=O) groups excluding carboxylic acids is 2. The fourth-order valence-corrected chi connectivity index (χ4v) is 5.45. The highest BCUT2D eigenvalue weighted by Gasteiger charge is 2.23. The molecule has 2 amide bonds. The molecule has 0 unspecified atom stereocenters. The van der Waals surface area contributed by atoms with Gasteiger partial charge < -0.3 is 20.3 Å². The summed E-state index contributed by atoms with van der Waals surface area (Å²) in [6.07, 6.45) is 0. The fourth-order valence-electron chi connectivity index (χ4n) is 5.15. The van der Waals surface area contributed by atoms with E-state index in [1.807, 2.05) is 18.2 Å². The Morgan fingerprint density at radius 1 is 0.780 bits per heavy atom. The van der Waals surface area contributed by atoms with Crippen molar-refractivity contribution >= 4 is 46.4 Å². The third-order valence-electron chi connectivity index (χ3n) is 7.46. The molecule has 3 aromatic rings. The summed E-state index contributed by atoms with van der Waals surface area (Å²) in [7, 11) is 0. The Labute approximate surface area is 251 Å². The third kappa shape index (κ3) is 7.99. The minimum absolute atomic E-state index is 0.161. The molecule has 2 saturated heterocycles. The standard InChI is InChI=1S/C31H35Cl2N5O3/c32-27-8-6-24(20-28(27)33)30(39)35-25-7-9-29(26(21-25)31(40)34-10-11-36-16-18-41-19-17-36)38-14-12-37(13-15-38)22-23-4-2-1-3-5-23/h1-9,20-21H,10-19,22H2,(H,34,40)(H,35,39). The predicted octanol–water partition coefficient (Wildman–Crippen LogP) is 4.63. The molecule has 10 heteroatoms. The lowest BCUT2D eigenvalue weighted by atomic mass is 10.1. The van der Waals surface area contributed by atoms with Crippen LogP contribution in [0.15, 0.2) is 66.7 Å².